The van der Waals surface area contributed by atoms with Gasteiger partial charge >= 0.3 is 0 Å². The van der Waals surface area contributed by atoms with Crippen LogP contribution in [0.5, 0.6) is 5.75 Å². The molecule has 0 amide bonds. The number of thiophene rings is 1. The molecule has 4 heteroatoms. The average Bonchev–Trinajstić information content (AvgIpc) is 3.04. The lowest BCUT2D eigenvalue weighted by Gasteiger charge is -2.45. The standard InChI is InChI=1S/C20H27NOS.ClH/c1-16-14-21(10-4-5-17-8-12-23-15-17)11-9-20(16,2)18-6-3-7-19(22)13-18;/h3,6-8,12-13,15-16,22H,4-5,9-11,14H2,1-2H3;1H. The van der Waals surface area contributed by atoms with E-state index in [1.807, 2.05) is 12.1 Å². The second-order valence-corrected chi connectivity index (χ2v) is 7.93. The highest BCUT2D eigenvalue weighted by atomic mass is 35.5. The quantitative estimate of drug-likeness (QED) is 0.796. The molecule has 2 heterocycles. The van der Waals surface area contributed by atoms with Crippen LogP contribution in [0.1, 0.15) is 37.8 Å². The summed E-state index contributed by atoms with van der Waals surface area (Å²) in [4.78, 5) is 2.61. The Labute approximate surface area is 155 Å². The topological polar surface area (TPSA) is 23.5 Å². The predicted molar refractivity (Wildman–Crippen MR) is 106 cm³/mol. The Kier molecular flexibility index (Phi) is 6.73. The lowest BCUT2D eigenvalue weighted by Crippen LogP contribution is -2.47. The summed E-state index contributed by atoms with van der Waals surface area (Å²) < 4.78 is 0. The maximum Gasteiger partial charge on any atom is 0.115 e. The number of phenolic OH excluding ortho intramolecular Hbond substituents is 1. The van der Waals surface area contributed by atoms with Crippen LogP contribution < -0.4 is 0 Å². The largest absolute Gasteiger partial charge is 0.508 e. The average molecular weight is 366 g/mol. The number of nitrogens with zero attached hydrogens (tertiary/aromatic N) is 1. The van der Waals surface area contributed by atoms with Gasteiger partial charge in [0.15, 0.2) is 0 Å². The van der Waals surface area contributed by atoms with Crippen LogP contribution in [0.3, 0.4) is 0 Å². The number of phenols is 1. The molecule has 2 unspecified atom stereocenters. The van der Waals surface area contributed by atoms with Gasteiger partial charge in [0, 0.05) is 6.54 Å². The second-order valence-electron chi connectivity index (χ2n) is 7.15. The molecule has 1 aromatic heterocycles. The molecule has 2 aromatic rings. The zero-order valence-corrected chi connectivity index (χ0v) is 16.2. The van der Waals surface area contributed by atoms with Gasteiger partial charge in [0.1, 0.15) is 5.75 Å². The number of hydrogen-bond acceptors (Lipinski definition) is 3. The molecule has 3 rings (SSSR count). The van der Waals surface area contributed by atoms with Crippen LogP contribution in [-0.2, 0) is 11.8 Å². The molecule has 24 heavy (non-hydrogen) atoms. The molecule has 132 valence electrons. The fourth-order valence-corrected chi connectivity index (χ4v) is 4.45. The lowest BCUT2D eigenvalue weighted by atomic mass is 9.68. The summed E-state index contributed by atoms with van der Waals surface area (Å²) >= 11 is 1.79. The van der Waals surface area contributed by atoms with Gasteiger partial charge in [-0.05, 0) is 83.8 Å². The molecule has 0 radical (unpaired) electrons. The number of aryl methyl sites for hydroxylation is 1. The van der Waals surface area contributed by atoms with Gasteiger partial charge in [0.2, 0.25) is 0 Å². The molecule has 1 fully saturated rings. The maximum absolute atomic E-state index is 9.79. The molecule has 0 bridgehead atoms. The summed E-state index contributed by atoms with van der Waals surface area (Å²) in [5.74, 6) is 0.980. The van der Waals surface area contributed by atoms with Crippen molar-refractivity contribution in [1.82, 2.24) is 4.90 Å². The Morgan fingerprint density at radius 2 is 2.17 bits per heavy atom. The number of rotatable bonds is 5. The van der Waals surface area contributed by atoms with Gasteiger partial charge in [-0.2, -0.15) is 11.3 Å². The molecule has 1 aliphatic rings. The Balaban J connectivity index is 0.00000208. The number of hydrogen-bond donors (Lipinski definition) is 1. The van der Waals surface area contributed by atoms with Crippen molar-refractivity contribution in [3.63, 3.8) is 0 Å². The minimum atomic E-state index is 0. The lowest BCUT2D eigenvalue weighted by molar-refractivity contribution is 0.110. The normalized spacial score (nSPS) is 24.5. The minimum absolute atomic E-state index is 0. The van der Waals surface area contributed by atoms with Gasteiger partial charge in [-0.25, -0.2) is 0 Å². The van der Waals surface area contributed by atoms with E-state index in [4.69, 9.17) is 0 Å². The van der Waals surface area contributed by atoms with E-state index < -0.39 is 0 Å². The van der Waals surface area contributed by atoms with Crippen LogP contribution in [0.2, 0.25) is 0 Å². The first-order valence-corrected chi connectivity index (χ1v) is 9.55. The molecular weight excluding hydrogens is 338 g/mol. The SMILES string of the molecule is CC1CN(CCCc2ccsc2)CCC1(C)c1cccc(O)c1.Cl. The van der Waals surface area contributed by atoms with Crippen molar-refractivity contribution in [3.05, 3.63) is 52.2 Å². The molecule has 1 N–H and O–H groups in total. The molecule has 1 aliphatic heterocycles. The van der Waals surface area contributed by atoms with Crippen molar-refractivity contribution in [2.45, 2.75) is 38.5 Å². The molecule has 0 spiro atoms. The van der Waals surface area contributed by atoms with Crippen molar-refractivity contribution < 1.29 is 5.11 Å². The summed E-state index contributed by atoms with van der Waals surface area (Å²) in [6.45, 7) is 8.20. The summed E-state index contributed by atoms with van der Waals surface area (Å²) in [6, 6.07) is 10.1. The molecule has 0 saturated carbocycles. The van der Waals surface area contributed by atoms with Gasteiger partial charge in [-0.1, -0.05) is 26.0 Å². The Morgan fingerprint density at radius 3 is 2.83 bits per heavy atom. The van der Waals surface area contributed by atoms with Crippen LogP contribution in [0.25, 0.3) is 0 Å². The van der Waals surface area contributed by atoms with Crippen LogP contribution in [-0.4, -0.2) is 29.6 Å². The highest BCUT2D eigenvalue weighted by Gasteiger charge is 2.37. The predicted octanol–water partition coefficient (Wildman–Crippen LogP) is 5.11. The molecule has 1 saturated heterocycles. The number of halogens is 1. The van der Waals surface area contributed by atoms with Gasteiger partial charge in [-0.15, -0.1) is 12.4 Å². The molecule has 2 atom stereocenters. The highest BCUT2D eigenvalue weighted by molar-refractivity contribution is 7.07. The Morgan fingerprint density at radius 1 is 1.33 bits per heavy atom. The van der Waals surface area contributed by atoms with Gasteiger partial charge in [-0.3, -0.25) is 0 Å². The molecule has 2 nitrogen and oxygen atoms in total. The van der Waals surface area contributed by atoms with E-state index in [0.29, 0.717) is 11.7 Å². The molecular formula is C20H28ClNOS. The smallest absolute Gasteiger partial charge is 0.115 e. The summed E-state index contributed by atoms with van der Waals surface area (Å²) in [5, 5.41) is 14.2. The van der Waals surface area contributed by atoms with Gasteiger partial charge in [0.25, 0.3) is 0 Å². The Hall–Kier alpha value is -1.03. The zero-order chi connectivity index (χ0) is 16.3. The highest BCUT2D eigenvalue weighted by Crippen LogP contribution is 2.40. The first kappa shape index (κ1) is 19.3. The van der Waals surface area contributed by atoms with E-state index in [1.165, 1.54) is 30.5 Å². The van der Waals surface area contributed by atoms with Crippen molar-refractivity contribution in [3.8, 4) is 5.75 Å². The van der Waals surface area contributed by atoms with Crippen molar-refractivity contribution in [2.24, 2.45) is 5.92 Å². The molecule has 1 aromatic carbocycles. The first-order chi connectivity index (χ1) is 11.1. The second kappa shape index (κ2) is 8.37. The van der Waals surface area contributed by atoms with Gasteiger partial charge < -0.3 is 10.0 Å². The monoisotopic (exact) mass is 365 g/mol. The summed E-state index contributed by atoms with van der Waals surface area (Å²) in [6.07, 6.45) is 3.60. The Bertz CT molecular complexity index is 630. The van der Waals surface area contributed by atoms with Crippen molar-refractivity contribution in [2.75, 3.05) is 19.6 Å². The van der Waals surface area contributed by atoms with E-state index in [-0.39, 0.29) is 17.8 Å². The third kappa shape index (κ3) is 4.33. The fourth-order valence-electron chi connectivity index (χ4n) is 3.75. The number of likely N-dealkylation sites (tertiary alicyclic amines) is 1. The van der Waals surface area contributed by atoms with Crippen LogP contribution in [0.4, 0.5) is 0 Å². The zero-order valence-electron chi connectivity index (χ0n) is 14.6. The van der Waals surface area contributed by atoms with Crippen LogP contribution >= 0.6 is 23.7 Å². The van der Waals surface area contributed by atoms with E-state index >= 15 is 0 Å². The van der Waals surface area contributed by atoms with E-state index in [0.717, 1.165) is 19.5 Å². The summed E-state index contributed by atoms with van der Waals surface area (Å²) in [7, 11) is 0. The van der Waals surface area contributed by atoms with Crippen LogP contribution in [0, 0.1) is 5.92 Å². The minimum Gasteiger partial charge on any atom is -0.508 e. The number of piperidine rings is 1. The first-order valence-electron chi connectivity index (χ1n) is 8.61. The fraction of sp³-hybridized carbons (Fsp3) is 0.500. The van der Waals surface area contributed by atoms with Gasteiger partial charge in [0.05, 0.1) is 0 Å². The maximum atomic E-state index is 9.79. The van der Waals surface area contributed by atoms with Crippen molar-refractivity contribution >= 4 is 23.7 Å². The van der Waals surface area contributed by atoms with Crippen molar-refractivity contribution in [1.29, 1.82) is 0 Å². The third-order valence-electron chi connectivity index (χ3n) is 5.59. The van der Waals surface area contributed by atoms with Crippen LogP contribution in [0.15, 0.2) is 41.1 Å². The van der Waals surface area contributed by atoms with E-state index in [9.17, 15) is 5.11 Å². The number of benzene rings is 1. The third-order valence-corrected chi connectivity index (χ3v) is 6.32. The number of aromatic hydroxyl groups is 1. The summed E-state index contributed by atoms with van der Waals surface area (Å²) in [5.41, 5.74) is 2.93. The molecule has 0 aliphatic carbocycles. The van der Waals surface area contributed by atoms with E-state index in [1.54, 1.807) is 17.4 Å². The van der Waals surface area contributed by atoms with E-state index in [2.05, 4.69) is 41.6 Å².